The van der Waals surface area contributed by atoms with Gasteiger partial charge in [-0.3, -0.25) is 4.98 Å². The van der Waals surface area contributed by atoms with Crippen molar-refractivity contribution in [2.24, 2.45) is 0 Å². The first-order valence-corrected chi connectivity index (χ1v) is 17.4. The molecule has 7 aromatic carbocycles. The lowest BCUT2D eigenvalue weighted by Gasteiger charge is -2.15. The predicted octanol–water partition coefficient (Wildman–Crippen LogP) is 12.0. The van der Waals surface area contributed by atoms with E-state index >= 15 is 0 Å². The highest BCUT2D eigenvalue weighted by molar-refractivity contribution is 6.13. The zero-order chi connectivity index (χ0) is 33.5. The highest BCUT2D eigenvalue weighted by atomic mass is 15.0. The van der Waals surface area contributed by atoms with Gasteiger partial charge in [-0.25, -0.2) is 0 Å². The van der Waals surface area contributed by atoms with E-state index in [1.165, 1.54) is 65.6 Å². The van der Waals surface area contributed by atoms with Crippen LogP contribution >= 0.6 is 0 Å². The highest BCUT2D eigenvalue weighted by Gasteiger charge is 2.19. The largest absolute Gasteiger partial charge is 0.309 e. The van der Waals surface area contributed by atoms with Crippen LogP contribution < -0.4 is 0 Å². The Kier molecular flexibility index (Phi) is 5.92. The van der Waals surface area contributed by atoms with Crippen molar-refractivity contribution in [2.75, 3.05) is 0 Å². The van der Waals surface area contributed by atoms with Gasteiger partial charge in [0.15, 0.2) is 0 Å². The van der Waals surface area contributed by atoms with Gasteiger partial charge in [0, 0.05) is 61.6 Å². The maximum absolute atomic E-state index is 4.54. The summed E-state index contributed by atoms with van der Waals surface area (Å²) in [5.74, 6) is 0. The Balaban J connectivity index is 1.14. The van der Waals surface area contributed by atoms with Crippen LogP contribution in [0.5, 0.6) is 0 Å². The first kappa shape index (κ1) is 28.0. The fourth-order valence-corrected chi connectivity index (χ4v) is 8.36. The van der Waals surface area contributed by atoms with Gasteiger partial charge in [0.25, 0.3) is 0 Å². The molecule has 11 rings (SSSR count). The molecular weight excluding hydrogens is 621 g/mol. The molecule has 4 heteroatoms. The van der Waals surface area contributed by atoms with Crippen molar-refractivity contribution in [3.05, 3.63) is 182 Å². The van der Waals surface area contributed by atoms with Gasteiger partial charge in [-0.1, -0.05) is 97.1 Å². The van der Waals surface area contributed by atoms with E-state index in [9.17, 15) is 0 Å². The first-order valence-electron chi connectivity index (χ1n) is 17.4. The highest BCUT2D eigenvalue weighted by Crippen LogP contribution is 2.40. The van der Waals surface area contributed by atoms with Crippen LogP contribution in [0.2, 0.25) is 0 Å². The Morgan fingerprint density at radius 2 is 0.863 bits per heavy atom. The van der Waals surface area contributed by atoms with Crippen LogP contribution in [0.1, 0.15) is 0 Å². The third-order valence-electron chi connectivity index (χ3n) is 10.5. The number of hydrogen-bond donors (Lipinski definition) is 0. The molecule has 0 N–H and O–H groups in total. The van der Waals surface area contributed by atoms with Crippen LogP contribution in [0, 0.1) is 0 Å². The van der Waals surface area contributed by atoms with Crippen LogP contribution in [0.3, 0.4) is 0 Å². The summed E-state index contributed by atoms with van der Waals surface area (Å²) in [6.45, 7) is 0. The molecule has 51 heavy (non-hydrogen) atoms. The molecule has 0 saturated carbocycles. The first-order chi connectivity index (χ1) is 25.3. The van der Waals surface area contributed by atoms with Gasteiger partial charge >= 0.3 is 0 Å². The van der Waals surface area contributed by atoms with E-state index in [0.29, 0.717) is 0 Å². The van der Waals surface area contributed by atoms with E-state index in [1.54, 1.807) is 0 Å². The smallest absolute Gasteiger partial charge is 0.0571 e. The summed E-state index contributed by atoms with van der Waals surface area (Å²) in [4.78, 5) is 4.54. The number of para-hydroxylation sites is 5. The standard InChI is InChI=1S/C47H30N4/c1-2-12-32(13-3-1)49-45-24-22-31(28-38(45)40-30-48-27-26-47(40)49)34-14-4-8-18-41(34)51-44-21-11-7-17-37(44)39-29-33(23-25-46(39)51)50-42-19-9-5-15-35(42)36-16-6-10-20-43(36)50/h1-30H. The van der Waals surface area contributed by atoms with Crippen molar-refractivity contribution >= 4 is 65.4 Å². The summed E-state index contributed by atoms with van der Waals surface area (Å²) in [6, 6.07) is 61.5. The zero-order valence-corrected chi connectivity index (χ0v) is 27.6. The molecule has 0 unspecified atom stereocenters. The second kappa shape index (κ2) is 10.8. The normalized spacial score (nSPS) is 11.9. The lowest BCUT2D eigenvalue weighted by Crippen LogP contribution is -1.98. The number of aromatic nitrogens is 4. The lowest BCUT2D eigenvalue weighted by atomic mass is 10.0. The van der Waals surface area contributed by atoms with Crippen molar-refractivity contribution in [2.45, 2.75) is 0 Å². The molecule has 0 aliphatic rings. The van der Waals surface area contributed by atoms with Crippen LogP contribution in [-0.2, 0) is 0 Å². The predicted molar refractivity (Wildman–Crippen MR) is 213 cm³/mol. The minimum atomic E-state index is 1.14. The summed E-state index contributed by atoms with van der Waals surface area (Å²) in [5, 5.41) is 7.33. The van der Waals surface area contributed by atoms with Crippen molar-refractivity contribution < 1.29 is 0 Å². The van der Waals surface area contributed by atoms with Gasteiger partial charge in [0.05, 0.1) is 38.8 Å². The average molecular weight is 651 g/mol. The fraction of sp³-hybridized carbons (Fsp3) is 0. The molecule has 4 nitrogen and oxygen atoms in total. The molecule has 4 heterocycles. The Morgan fingerprint density at radius 1 is 0.333 bits per heavy atom. The van der Waals surface area contributed by atoms with E-state index in [2.05, 4.69) is 189 Å². The van der Waals surface area contributed by atoms with Crippen LogP contribution in [0.4, 0.5) is 0 Å². The van der Waals surface area contributed by atoms with Gasteiger partial charge in [-0.2, -0.15) is 0 Å². The molecule has 0 fully saturated rings. The summed E-state index contributed by atoms with van der Waals surface area (Å²) >= 11 is 0. The fourth-order valence-electron chi connectivity index (χ4n) is 8.36. The van der Waals surface area contributed by atoms with Crippen molar-refractivity contribution in [1.82, 2.24) is 18.7 Å². The van der Waals surface area contributed by atoms with Gasteiger partial charge in [-0.05, 0) is 78.4 Å². The number of fused-ring (bicyclic) bond motifs is 9. The average Bonchev–Trinajstić information content (AvgIpc) is 3.83. The van der Waals surface area contributed by atoms with E-state index < -0.39 is 0 Å². The van der Waals surface area contributed by atoms with E-state index in [1.807, 2.05) is 12.4 Å². The van der Waals surface area contributed by atoms with Crippen molar-refractivity contribution in [3.63, 3.8) is 0 Å². The topological polar surface area (TPSA) is 27.7 Å². The molecule has 11 aromatic rings. The van der Waals surface area contributed by atoms with Gasteiger partial charge in [-0.15, -0.1) is 0 Å². The van der Waals surface area contributed by atoms with Gasteiger partial charge < -0.3 is 13.7 Å². The molecule has 0 radical (unpaired) electrons. The van der Waals surface area contributed by atoms with E-state index in [0.717, 1.165) is 28.0 Å². The monoisotopic (exact) mass is 650 g/mol. The summed E-state index contributed by atoms with van der Waals surface area (Å²) in [5.41, 5.74) is 12.9. The third kappa shape index (κ3) is 4.05. The molecule has 0 bridgehead atoms. The Labute approximate surface area is 293 Å². The van der Waals surface area contributed by atoms with Crippen LogP contribution in [0.25, 0.3) is 93.6 Å². The van der Waals surface area contributed by atoms with Gasteiger partial charge in [0.2, 0.25) is 0 Å². The van der Waals surface area contributed by atoms with Crippen LogP contribution in [-0.4, -0.2) is 18.7 Å². The summed E-state index contributed by atoms with van der Waals surface area (Å²) in [6.07, 6.45) is 3.88. The summed E-state index contributed by atoms with van der Waals surface area (Å²) < 4.78 is 7.18. The number of pyridine rings is 1. The molecule has 0 atom stereocenters. The molecule has 0 saturated heterocycles. The molecule has 4 aromatic heterocycles. The maximum Gasteiger partial charge on any atom is 0.0571 e. The Bertz CT molecular complexity index is 3090. The summed E-state index contributed by atoms with van der Waals surface area (Å²) in [7, 11) is 0. The minimum Gasteiger partial charge on any atom is -0.309 e. The Morgan fingerprint density at radius 3 is 1.63 bits per heavy atom. The number of benzene rings is 7. The lowest BCUT2D eigenvalue weighted by molar-refractivity contribution is 1.17. The molecule has 0 amide bonds. The Hall–Kier alpha value is -6.91. The minimum absolute atomic E-state index is 1.14. The SMILES string of the molecule is c1ccc(-n2c3ccncc3c3cc(-c4ccccc4-n4c5ccccc5c5cc(-n6c7ccccc7c7ccccc76)ccc54)ccc32)cc1. The van der Waals surface area contributed by atoms with Crippen molar-refractivity contribution in [1.29, 1.82) is 0 Å². The third-order valence-corrected chi connectivity index (χ3v) is 10.5. The second-order valence-electron chi connectivity index (χ2n) is 13.2. The second-order valence-corrected chi connectivity index (χ2v) is 13.2. The molecule has 0 spiro atoms. The van der Waals surface area contributed by atoms with Crippen LogP contribution in [0.15, 0.2) is 182 Å². The van der Waals surface area contributed by atoms with Gasteiger partial charge in [0.1, 0.15) is 0 Å². The van der Waals surface area contributed by atoms with Crippen molar-refractivity contribution in [3.8, 4) is 28.2 Å². The molecule has 238 valence electrons. The molecule has 0 aliphatic heterocycles. The van der Waals surface area contributed by atoms with E-state index in [-0.39, 0.29) is 0 Å². The number of hydrogen-bond acceptors (Lipinski definition) is 1. The maximum atomic E-state index is 4.54. The van der Waals surface area contributed by atoms with E-state index in [4.69, 9.17) is 0 Å². The zero-order valence-electron chi connectivity index (χ0n) is 27.6. The quantitative estimate of drug-likeness (QED) is 0.186. The number of nitrogens with zero attached hydrogens (tertiary/aromatic N) is 4. The molecular formula is C47H30N4. The molecule has 0 aliphatic carbocycles. The number of rotatable bonds is 4.